The number of rotatable bonds is 3. The number of halogens is 2. The highest BCUT2D eigenvalue weighted by molar-refractivity contribution is 6.29. The molecule has 92 valence electrons. The maximum Gasteiger partial charge on any atom is 0.224 e. The van der Waals surface area contributed by atoms with Crippen LogP contribution in [0.4, 0.5) is 4.39 Å². The van der Waals surface area contributed by atoms with Gasteiger partial charge in [-0.05, 0) is 25.0 Å². The molecular weight excluding hydrogens is 257 g/mol. The van der Waals surface area contributed by atoms with Gasteiger partial charge in [0.05, 0.1) is 6.20 Å². The van der Waals surface area contributed by atoms with Crippen molar-refractivity contribution in [3.8, 4) is 11.6 Å². The van der Waals surface area contributed by atoms with Gasteiger partial charge >= 0.3 is 0 Å². The second-order valence-corrected chi connectivity index (χ2v) is 4.47. The van der Waals surface area contributed by atoms with Crippen LogP contribution < -0.4 is 4.74 Å². The van der Waals surface area contributed by atoms with Crippen LogP contribution in [0.25, 0.3) is 0 Å². The second-order valence-electron chi connectivity index (χ2n) is 4.08. The SMILES string of the molecule is Fc1ccc(Oc2cc(Cl)nc(C3CC3)n2)cn1. The van der Waals surface area contributed by atoms with Gasteiger partial charge in [0.15, 0.2) is 0 Å². The molecule has 1 aliphatic carbocycles. The van der Waals surface area contributed by atoms with Crippen molar-refractivity contribution in [2.75, 3.05) is 0 Å². The Kier molecular flexibility index (Phi) is 2.83. The minimum atomic E-state index is -0.554. The Balaban J connectivity index is 1.85. The number of hydrogen-bond acceptors (Lipinski definition) is 4. The van der Waals surface area contributed by atoms with Gasteiger partial charge in [0.2, 0.25) is 11.8 Å². The molecule has 0 spiro atoms. The Labute approximate surface area is 108 Å². The summed E-state index contributed by atoms with van der Waals surface area (Å²) in [5.74, 6) is 1.30. The van der Waals surface area contributed by atoms with Gasteiger partial charge in [-0.2, -0.15) is 9.37 Å². The van der Waals surface area contributed by atoms with Crippen molar-refractivity contribution >= 4 is 11.6 Å². The fourth-order valence-corrected chi connectivity index (χ4v) is 1.71. The molecule has 3 rings (SSSR count). The molecule has 0 N–H and O–H groups in total. The average molecular weight is 266 g/mol. The van der Waals surface area contributed by atoms with Crippen molar-refractivity contribution in [3.05, 3.63) is 41.3 Å². The van der Waals surface area contributed by atoms with E-state index in [9.17, 15) is 4.39 Å². The zero-order valence-electron chi connectivity index (χ0n) is 9.31. The highest BCUT2D eigenvalue weighted by Crippen LogP contribution is 2.39. The number of pyridine rings is 1. The summed E-state index contributed by atoms with van der Waals surface area (Å²) in [7, 11) is 0. The number of aromatic nitrogens is 3. The topological polar surface area (TPSA) is 47.9 Å². The first kappa shape index (κ1) is 11.3. The molecule has 1 fully saturated rings. The Morgan fingerprint density at radius 2 is 2.11 bits per heavy atom. The summed E-state index contributed by atoms with van der Waals surface area (Å²) in [4.78, 5) is 11.9. The van der Waals surface area contributed by atoms with E-state index in [4.69, 9.17) is 16.3 Å². The minimum absolute atomic E-state index is 0.344. The predicted octanol–water partition coefficient (Wildman–Crippen LogP) is 3.33. The third-order valence-electron chi connectivity index (χ3n) is 2.55. The van der Waals surface area contributed by atoms with E-state index < -0.39 is 5.95 Å². The van der Waals surface area contributed by atoms with Crippen LogP contribution in [-0.4, -0.2) is 15.0 Å². The Hall–Kier alpha value is -1.75. The third kappa shape index (κ3) is 2.56. The molecule has 0 atom stereocenters. The van der Waals surface area contributed by atoms with Crippen LogP contribution in [-0.2, 0) is 0 Å². The average Bonchev–Trinajstić information content (AvgIpc) is 3.15. The summed E-state index contributed by atoms with van der Waals surface area (Å²) in [5, 5.41) is 0.344. The molecule has 0 bridgehead atoms. The number of nitrogens with zero attached hydrogens (tertiary/aromatic N) is 3. The van der Waals surface area contributed by atoms with Crippen LogP contribution in [0, 0.1) is 5.95 Å². The van der Waals surface area contributed by atoms with Crippen LogP contribution in [0.5, 0.6) is 11.6 Å². The van der Waals surface area contributed by atoms with Crippen molar-refractivity contribution in [2.45, 2.75) is 18.8 Å². The van der Waals surface area contributed by atoms with E-state index >= 15 is 0 Å². The summed E-state index contributed by atoms with van der Waals surface area (Å²) in [6.07, 6.45) is 3.46. The lowest BCUT2D eigenvalue weighted by Gasteiger charge is -2.06. The molecule has 1 saturated carbocycles. The molecule has 1 aliphatic rings. The first-order valence-electron chi connectivity index (χ1n) is 5.54. The lowest BCUT2D eigenvalue weighted by atomic mass is 10.4. The molecule has 2 aromatic rings. The molecule has 0 amide bonds. The molecule has 0 unspecified atom stereocenters. The normalized spacial score (nSPS) is 14.6. The van der Waals surface area contributed by atoms with Crippen molar-refractivity contribution in [2.24, 2.45) is 0 Å². The van der Waals surface area contributed by atoms with E-state index in [1.54, 1.807) is 0 Å². The van der Waals surface area contributed by atoms with Gasteiger partial charge in [-0.3, -0.25) is 0 Å². The Morgan fingerprint density at radius 1 is 1.28 bits per heavy atom. The number of hydrogen-bond donors (Lipinski definition) is 0. The van der Waals surface area contributed by atoms with Crippen molar-refractivity contribution in [1.29, 1.82) is 0 Å². The summed E-state index contributed by atoms with van der Waals surface area (Å²) in [6.45, 7) is 0. The summed E-state index contributed by atoms with van der Waals surface area (Å²) >= 11 is 5.91. The zero-order valence-corrected chi connectivity index (χ0v) is 10.1. The number of ether oxygens (including phenoxy) is 1. The highest BCUT2D eigenvalue weighted by atomic mass is 35.5. The molecule has 0 aliphatic heterocycles. The van der Waals surface area contributed by atoms with Gasteiger partial charge in [0.25, 0.3) is 0 Å². The van der Waals surface area contributed by atoms with Crippen LogP contribution in [0.2, 0.25) is 5.15 Å². The molecule has 18 heavy (non-hydrogen) atoms. The monoisotopic (exact) mass is 265 g/mol. The lowest BCUT2D eigenvalue weighted by molar-refractivity contribution is 0.452. The van der Waals surface area contributed by atoms with Crippen molar-refractivity contribution < 1.29 is 9.13 Å². The molecule has 6 heteroatoms. The lowest BCUT2D eigenvalue weighted by Crippen LogP contribution is -1.96. The van der Waals surface area contributed by atoms with Gasteiger partial charge < -0.3 is 4.74 Å². The van der Waals surface area contributed by atoms with Crippen LogP contribution in [0.1, 0.15) is 24.6 Å². The van der Waals surface area contributed by atoms with Gasteiger partial charge in [-0.25, -0.2) is 9.97 Å². The van der Waals surface area contributed by atoms with Crippen LogP contribution in [0.15, 0.2) is 24.4 Å². The van der Waals surface area contributed by atoms with Crippen molar-refractivity contribution in [1.82, 2.24) is 15.0 Å². The molecule has 4 nitrogen and oxygen atoms in total. The first-order chi connectivity index (χ1) is 8.70. The molecule has 0 radical (unpaired) electrons. The smallest absolute Gasteiger partial charge is 0.224 e. The van der Waals surface area contributed by atoms with Gasteiger partial charge in [0, 0.05) is 12.0 Å². The van der Waals surface area contributed by atoms with E-state index in [2.05, 4.69) is 15.0 Å². The maximum absolute atomic E-state index is 12.7. The minimum Gasteiger partial charge on any atom is -0.437 e. The highest BCUT2D eigenvalue weighted by Gasteiger charge is 2.27. The van der Waals surface area contributed by atoms with Gasteiger partial charge in [0.1, 0.15) is 16.7 Å². The van der Waals surface area contributed by atoms with Crippen molar-refractivity contribution in [3.63, 3.8) is 0 Å². The van der Waals surface area contributed by atoms with E-state index in [1.165, 1.54) is 24.4 Å². The summed E-state index contributed by atoms with van der Waals surface area (Å²) in [5.41, 5.74) is 0. The first-order valence-corrected chi connectivity index (χ1v) is 5.92. The molecule has 2 aromatic heterocycles. The molecule has 0 saturated heterocycles. The zero-order chi connectivity index (χ0) is 12.5. The quantitative estimate of drug-likeness (QED) is 0.631. The van der Waals surface area contributed by atoms with Gasteiger partial charge in [-0.15, -0.1) is 0 Å². The maximum atomic E-state index is 12.7. The summed E-state index contributed by atoms with van der Waals surface area (Å²) in [6, 6.07) is 4.23. The molecular formula is C12H9ClFN3O. The van der Waals surface area contributed by atoms with E-state index in [0.29, 0.717) is 28.5 Å². The molecule has 2 heterocycles. The molecule has 0 aromatic carbocycles. The third-order valence-corrected chi connectivity index (χ3v) is 2.75. The van der Waals surface area contributed by atoms with E-state index in [-0.39, 0.29) is 0 Å². The van der Waals surface area contributed by atoms with E-state index in [1.807, 2.05) is 0 Å². The second kappa shape index (κ2) is 4.49. The summed E-state index contributed by atoms with van der Waals surface area (Å²) < 4.78 is 18.1. The van der Waals surface area contributed by atoms with E-state index in [0.717, 1.165) is 12.8 Å². The Bertz CT molecular complexity index is 572. The fraction of sp³-hybridized carbons (Fsp3) is 0.250. The van der Waals surface area contributed by atoms with Gasteiger partial charge in [-0.1, -0.05) is 11.6 Å². The largest absolute Gasteiger partial charge is 0.437 e. The van der Waals surface area contributed by atoms with Crippen LogP contribution in [0.3, 0.4) is 0 Å². The predicted molar refractivity (Wildman–Crippen MR) is 63.3 cm³/mol. The fourth-order valence-electron chi connectivity index (χ4n) is 1.53. The Morgan fingerprint density at radius 3 is 2.78 bits per heavy atom. The van der Waals surface area contributed by atoms with Crippen LogP contribution >= 0.6 is 11.6 Å². The standard InChI is InChI=1S/C12H9ClFN3O/c13-9-5-11(17-12(16-9)7-1-2-7)18-8-3-4-10(14)15-6-8/h3-7H,1-2H2.